The van der Waals surface area contributed by atoms with Crippen molar-refractivity contribution < 1.29 is 9.47 Å². The minimum Gasteiger partial charge on any atom is -0.489 e. The van der Waals surface area contributed by atoms with Gasteiger partial charge in [-0.3, -0.25) is 0 Å². The molecule has 0 unspecified atom stereocenters. The van der Waals surface area contributed by atoms with Crippen molar-refractivity contribution in [3.8, 4) is 11.5 Å². The van der Waals surface area contributed by atoms with E-state index in [-0.39, 0.29) is 5.41 Å². The van der Waals surface area contributed by atoms with Gasteiger partial charge in [-0.05, 0) is 30.5 Å². The fraction of sp³-hybridized carbons (Fsp3) is 0.538. The van der Waals surface area contributed by atoms with Gasteiger partial charge >= 0.3 is 0 Å². The van der Waals surface area contributed by atoms with Gasteiger partial charge in [-0.2, -0.15) is 0 Å². The summed E-state index contributed by atoms with van der Waals surface area (Å²) in [6.07, 6.45) is 3.17. The Hall–Kier alpha value is -0.930. The van der Waals surface area contributed by atoms with Gasteiger partial charge in [0.05, 0.1) is 18.2 Å². The van der Waals surface area contributed by atoms with Gasteiger partial charge < -0.3 is 15.2 Å². The topological polar surface area (TPSA) is 44.5 Å². The Labute approximate surface area is 106 Å². The molecule has 0 atom stereocenters. The summed E-state index contributed by atoms with van der Waals surface area (Å²) in [4.78, 5) is 0. The monoisotopic (exact) mass is 253 g/mol. The first kappa shape index (κ1) is 11.2. The number of hydrogen-bond donors (Lipinski definition) is 1. The molecule has 3 rings (SSSR count). The highest BCUT2D eigenvalue weighted by Gasteiger charge is 2.43. The summed E-state index contributed by atoms with van der Waals surface area (Å²) in [5, 5.41) is 0.638. The molecule has 1 aliphatic heterocycles. The molecule has 2 N–H and O–H groups in total. The molecule has 1 aromatic carbocycles. The van der Waals surface area contributed by atoms with Crippen LogP contribution in [0, 0.1) is 0 Å². The Bertz CT molecular complexity index is 443. The van der Waals surface area contributed by atoms with E-state index < -0.39 is 0 Å². The number of benzene rings is 1. The van der Waals surface area contributed by atoms with Crippen LogP contribution in [-0.2, 0) is 5.41 Å². The fourth-order valence-corrected chi connectivity index (χ4v) is 2.56. The molecule has 4 heteroatoms. The van der Waals surface area contributed by atoms with Crippen molar-refractivity contribution in [2.75, 3.05) is 19.8 Å². The molecular weight excluding hydrogens is 238 g/mol. The maximum absolute atomic E-state index is 6.26. The molecular formula is C13H16ClNO2. The number of hydrogen-bond acceptors (Lipinski definition) is 3. The van der Waals surface area contributed by atoms with Crippen molar-refractivity contribution in [3.05, 3.63) is 22.7 Å². The SMILES string of the molecule is NCC1(c2cc(Cl)c3c(c2)OCCCO3)CC1. The third-order valence-corrected chi connectivity index (χ3v) is 3.94. The second kappa shape index (κ2) is 4.07. The van der Waals surface area contributed by atoms with Crippen LogP contribution in [-0.4, -0.2) is 19.8 Å². The maximum Gasteiger partial charge on any atom is 0.179 e. The van der Waals surface area contributed by atoms with Crippen molar-refractivity contribution in [1.29, 1.82) is 0 Å². The van der Waals surface area contributed by atoms with Crippen molar-refractivity contribution in [2.45, 2.75) is 24.7 Å². The van der Waals surface area contributed by atoms with Gasteiger partial charge in [-0.1, -0.05) is 11.6 Å². The van der Waals surface area contributed by atoms with E-state index in [1.807, 2.05) is 12.1 Å². The van der Waals surface area contributed by atoms with Crippen LogP contribution in [0.5, 0.6) is 11.5 Å². The summed E-state index contributed by atoms with van der Waals surface area (Å²) < 4.78 is 11.3. The van der Waals surface area contributed by atoms with Gasteiger partial charge in [-0.25, -0.2) is 0 Å². The van der Waals surface area contributed by atoms with E-state index in [0.29, 0.717) is 30.5 Å². The quantitative estimate of drug-likeness (QED) is 0.881. The lowest BCUT2D eigenvalue weighted by Gasteiger charge is -2.17. The summed E-state index contributed by atoms with van der Waals surface area (Å²) in [6.45, 7) is 2.01. The molecule has 17 heavy (non-hydrogen) atoms. The van der Waals surface area contributed by atoms with Crippen molar-refractivity contribution in [3.63, 3.8) is 0 Å². The van der Waals surface area contributed by atoms with Gasteiger partial charge in [-0.15, -0.1) is 0 Å². The smallest absolute Gasteiger partial charge is 0.179 e. The van der Waals surface area contributed by atoms with E-state index in [4.69, 9.17) is 26.8 Å². The van der Waals surface area contributed by atoms with Crippen LogP contribution in [0.15, 0.2) is 12.1 Å². The first-order chi connectivity index (χ1) is 8.25. The molecule has 1 heterocycles. The second-order valence-corrected chi connectivity index (χ2v) is 5.23. The molecule has 0 amide bonds. The number of ether oxygens (including phenoxy) is 2. The van der Waals surface area contributed by atoms with E-state index in [1.54, 1.807) is 0 Å². The Morgan fingerprint density at radius 2 is 2.00 bits per heavy atom. The van der Waals surface area contributed by atoms with Crippen LogP contribution in [0.3, 0.4) is 0 Å². The standard InChI is InChI=1S/C13H16ClNO2/c14-10-6-9(13(8-15)2-3-13)7-11-12(10)17-5-1-4-16-11/h6-7H,1-5,8,15H2. The summed E-state index contributed by atoms with van der Waals surface area (Å²) in [5.74, 6) is 1.45. The first-order valence-corrected chi connectivity index (χ1v) is 6.43. The fourth-order valence-electron chi connectivity index (χ4n) is 2.30. The Morgan fingerprint density at radius 1 is 1.24 bits per heavy atom. The van der Waals surface area contributed by atoms with Crippen molar-refractivity contribution in [1.82, 2.24) is 0 Å². The van der Waals surface area contributed by atoms with Gasteiger partial charge in [0.2, 0.25) is 0 Å². The van der Waals surface area contributed by atoms with E-state index >= 15 is 0 Å². The molecule has 1 aromatic rings. The zero-order chi connectivity index (χ0) is 11.9. The third kappa shape index (κ3) is 1.87. The van der Waals surface area contributed by atoms with E-state index in [9.17, 15) is 0 Å². The number of fused-ring (bicyclic) bond motifs is 1. The van der Waals surface area contributed by atoms with Crippen LogP contribution < -0.4 is 15.2 Å². The summed E-state index contributed by atoms with van der Waals surface area (Å²) in [5.41, 5.74) is 7.17. The molecule has 92 valence electrons. The number of rotatable bonds is 2. The van der Waals surface area contributed by atoms with Crippen LogP contribution in [0.4, 0.5) is 0 Å². The van der Waals surface area contributed by atoms with Gasteiger partial charge in [0.1, 0.15) is 0 Å². The minimum absolute atomic E-state index is 0.133. The molecule has 1 fully saturated rings. The normalized spacial score (nSPS) is 20.8. The highest BCUT2D eigenvalue weighted by Crippen LogP contribution is 2.50. The van der Waals surface area contributed by atoms with Crippen molar-refractivity contribution >= 4 is 11.6 Å². The molecule has 1 saturated carbocycles. The highest BCUT2D eigenvalue weighted by atomic mass is 35.5. The van der Waals surface area contributed by atoms with Gasteiger partial charge in [0.15, 0.2) is 11.5 Å². The van der Waals surface area contributed by atoms with Crippen LogP contribution >= 0.6 is 11.6 Å². The average molecular weight is 254 g/mol. The van der Waals surface area contributed by atoms with Crippen LogP contribution in [0.1, 0.15) is 24.8 Å². The molecule has 0 saturated heterocycles. The van der Waals surface area contributed by atoms with E-state index in [1.165, 1.54) is 5.56 Å². The second-order valence-electron chi connectivity index (χ2n) is 4.82. The number of halogens is 1. The van der Waals surface area contributed by atoms with Gasteiger partial charge in [0, 0.05) is 18.4 Å². The summed E-state index contributed by atoms with van der Waals surface area (Å²) in [6, 6.07) is 4.03. The molecule has 0 spiro atoms. The van der Waals surface area contributed by atoms with Crippen LogP contribution in [0.2, 0.25) is 5.02 Å². The molecule has 0 aromatic heterocycles. The molecule has 3 nitrogen and oxygen atoms in total. The lowest BCUT2D eigenvalue weighted by molar-refractivity contribution is 0.297. The van der Waals surface area contributed by atoms with E-state index in [2.05, 4.69) is 0 Å². The summed E-state index contributed by atoms with van der Waals surface area (Å²) >= 11 is 6.26. The largest absolute Gasteiger partial charge is 0.489 e. The van der Waals surface area contributed by atoms with Gasteiger partial charge in [0.25, 0.3) is 0 Å². The predicted molar refractivity (Wildman–Crippen MR) is 67.0 cm³/mol. The lowest BCUT2D eigenvalue weighted by Crippen LogP contribution is -2.19. The minimum atomic E-state index is 0.133. The summed E-state index contributed by atoms with van der Waals surface area (Å²) in [7, 11) is 0. The zero-order valence-corrected chi connectivity index (χ0v) is 10.4. The molecule has 0 bridgehead atoms. The van der Waals surface area contributed by atoms with E-state index in [0.717, 1.165) is 25.0 Å². The Kier molecular flexibility index (Phi) is 2.68. The zero-order valence-electron chi connectivity index (χ0n) is 9.67. The Balaban J connectivity index is 2.03. The molecule has 2 aliphatic rings. The molecule has 1 aliphatic carbocycles. The maximum atomic E-state index is 6.26. The first-order valence-electron chi connectivity index (χ1n) is 6.05. The van der Waals surface area contributed by atoms with Crippen molar-refractivity contribution in [2.24, 2.45) is 5.73 Å². The molecule has 0 radical (unpaired) electrons. The predicted octanol–water partition coefficient (Wildman–Crippen LogP) is 2.49. The average Bonchev–Trinajstić information content (AvgIpc) is 3.13. The highest BCUT2D eigenvalue weighted by molar-refractivity contribution is 6.32. The van der Waals surface area contributed by atoms with Crippen LogP contribution in [0.25, 0.3) is 0 Å². The lowest BCUT2D eigenvalue weighted by atomic mass is 9.96. The third-order valence-electron chi connectivity index (χ3n) is 3.66. The Morgan fingerprint density at radius 3 is 2.71 bits per heavy atom. The number of nitrogens with two attached hydrogens (primary N) is 1.